The van der Waals surface area contributed by atoms with Crippen molar-refractivity contribution in [2.24, 2.45) is 0 Å². The summed E-state index contributed by atoms with van der Waals surface area (Å²) in [6.45, 7) is 5.11. The van der Waals surface area contributed by atoms with E-state index in [2.05, 4.69) is 22.9 Å². The maximum atomic E-state index is 12.3. The molecular weight excluding hydrogens is 286 g/mol. The molecule has 4 heteroatoms. The van der Waals surface area contributed by atoms with Crippen molar-refractivity contribution >= 4 is 33.2 Å². The molecule has 2 heterocycles. The topological polar surface area (TPSA) is 20.3 Å². The van der Waals surface area contributed by atoms with E-state index >= 15 is 0 Å². The third kappa shape index (κ3) is 2.18. The van der Waals surface area contributed by atoms with E-state index in [4.69, 9.17) is 0 Å². The number of nitrogens with zero attached hydrogens (tertiary/aromatic N) is 1. The minimum atomic E-state index is 0.211. The summed E-state index contributed by atoms with van der Waals surface area (Å²) in [5.74, 6) is 0.211. The van der Waals surface area contributed by atoms with Gasteiger partial charge in [-0.15, -0.1) is 11.3 Å². The van der Waals surface area contributed by atoms with Crippen molar-refractivity contribution in [1.29, 1.82) is 0 Å². The summed E-state index contributed by atoms with van der Waals surface area (Å²) >= 11 is 5.02. The molecule has 0 aromatic carbocycles. The first-order chi connectivity index (χ1) is 7.63. The zero-order valence-electron chi connectivity index (χ0n) is 9.62. The first-order valence-corrected chi connectivity index (χ1v) is 7.31. The lowest BCUT2D eigenvalue weighted by atomic mass is 10.1. The van der Waals surface area contributed by atoms with Crippen LogP contribution < -0.4 is 0 Å². The number of carbonyl (C=O) groups is 1. The van der Waals surface area contributed by atoms with Gasteiger partial charge in [-0.3, -0.25) is 4.79 Å². The second-order valence-corrected chi connectivity index (χ2v) is 6.64. The Morgan fingerprint density at radius 1 is 1.69 bits per heavy atom. The van der Waals surface area contributed by atoms with Gasteiger partial charge in [0.1, 0.15) is 0 Å². The van der Waals surface area contributed by atoms with Crippen molar-refractivity contribution in [1.82, 2.24) is 4.90 Å². The Balaban J connectivity index is 2.18. The summed E-state index contributed by atoms with van der Waals surface area (Å²) in [4.78, 5) is 15.2. The molecule has 0 aliphatic carbocycles. The van der Waals surface area contributed by atoms with Crippen LogP contribution >= 0.6 is 27.3 Å². The molecule has 1 atom stereocenters. The summed E-state index contributed by atoms with van der Waals surface area (Å²) in [5.41, 5.74) is 1.15. The van der Waals surface area contributed by atoms with Gasteiger partial charge < -0.3 is 4.90 Å². The van der Waals surface area contributed by atoms with E-state index in [1.165, 1.54) is 0 Å². The Hall–Kier alpha value is -0.350. The van der Waals surface area contributed by atoms with Gasteiger partial charge in [0.25, 0.3) is 5.91 Å². The third-order valence-corrected chi connectivity index (χ3v) is 5.30. The fraction of sp³-hybridized carbons (Fsp3) is 0.583. The smallest absolute Gasteiger partial charge is 0.264 e. The minimum Gasteiger partial charge on any atom is -0.335 e. The largest absolute Gasteiger partial charge is 0.335 e. The van der Waals surface area contributed by atoms with Crippen LogP contribution in [0.3, 0.4) is 0 Å². The first kappa shape index (κ1) is 12.1. The van der Waals surface area contributed by atoms with Crippen LogP contribution in [-0.2, 0) is 0 Å². The van der Waals surface area contributed by atoms with Gasteiger partial charge >= 0.3 is 0 Å². The SMILES string of the molecule is CCC1CCCN1C(=O)c1cc(C)c(Br)s1. The summed E-state index contributed by atoms with van der Waals surface area (Å²) in [6.07, 6.45) is 3.38. The monoisotopic (exact) mass is 301 g/mol. The molecule has 88 valence electrons. The highest BCUT2D eigenvalue weighted by molar-refractivity contribution is 9.11. The van der Waals surface area contributed by atoms with Gasteiger partial charge in [-0.1, -0.05) is 6.92 Å². The predicted octanol–water partition coefficient (Wildman–Crippen LogP) is 3.83. The number of halogens is 1. The molecule has 1 fully saturated rings. The zero-order chi connectivity index (χ0) is 11.7. The maximum absolute atomic E-state index is 12.3. The summed E-state index contributed by atoms with van der Waals surface area (Å²) in [5, 5.41) is 0. The molecular formula is C12H16BrNOS. The number of thiophene rings is 1. The van der Waals surface area contributed by atoms with E-state index in [9.17, 15) is 4.79 Å². The van der Waals surface area contributed by atoms with Crippen molar-refractivity contribution in [2.75, 3.05) is 6.54 Å². The Bertz CT molecular complexity index is 382. The summed E-state index contributed by atoms with van der Waals surface area (Å²) < 4.78 is 1.07. The van der Waals surface area contributed by atoms with Gasteiger partial charge in [-0.25, -0.2) is 0 Å². The van der Waals surface area contributed by atoms with Crippen LogP contribution in [0, 0.1) is 6.92 Å². The highest BCUT2D eigenvalue weighted by Gasteiger charge is 2.28. The lowest BCUT2D eigenvalue weighted by Crippen LogP contribution is -2.34. The van der Waals surface area contributed by atoms with E-state index in [0.29, 0.717) is 6.04 Å². The third-order valence-electron chi connectivity index (χ3n) is 3.18. The molecule has 0 saturated carbocycles. The Morgan fingerprint density at radius 3 is 3.00 bits per heavy atom. The average molecular weight is 302 g/mol. The summed E-state index contributed by atoms with van der Waals surface area (Å²) in [6, 6.07) is 2.44. The number of amides is 1. The van der Waals surface area contributed by atoms with Crippen LogP contribution in [0.1, 0.15) is 41.4 Å². The van der Waals surface area contributed by atoms with E-state index in [-0.39, 0.29) is 5.91 Å². The van der Waals surface area contributed by atoms with Crippen LogP contribution in [0.5, 0.6) is 0 Å². The maximum Gasteiger partial charge on any atom is 0.264 e. The number of hydrogen-bond donors (Lipinski definition) is 0. The van der Waals surface area contributed by atoms with Crippen LogP contribution in [0.25, 0.3) is 0 Å². The molecule has 0 spiro atoms. The zero-order valence-corrected chi connectivity index (χ0v) is 12.0. The van der Waals surface area contributed by atoms with Crippen molar-refractivity contribution in [3.05, 3.63) is 20.3 Å². The van der Waals surface area contributed by atoms with Crippen LogP contribution in [0.15, 0.2) is 9.85 Å². The fourth-order valence-electron chi connectivity index (χ4n) is 2.23. The predicted molar refractivity (Wildman–Crippen MR) is 71.1 cm³/mol. The molecule has 1 aliphatic heterocycles. The van der Waals surface area contributed by atoms with Crippen molar-refractivity contribution < 1.29 is 4.79 Å². The van der Waals surface area contributed by atoms with Gasteiger partial charge in [0.2, 0.25) is 0 Å². The number of carbonyl (C=O) groups excluding carboxylic acids is 1. The van der Waals surface area contributed by atoms with Crippen molar-refractivity contribution in [3.8, 4) is 0 Å². The van der Waals surface area contributed by atoms with Crippen LogP contribution in [-0.4, -0.2) is 23.4 Å². The quantitative estimate of drug-likeness (QED) is 0.813. The second kappa shape index (κ2) is 4.88. The number of hydrogen-bond acceptors (Lipinski definition) is 2. The second-order valence-electron chi connectivity index (χ2n) is 4.27. The molecule has 0 radical (unpaired) electrons. The molecule has 1 unspecified atom stereocenters. The standard InChI is InChI=1S/C12H16BrNOS/c1-3-9-5-4-6-14(9)12(15)10-7-8(2)11(13)16-10/h7,9H,3-6H2,1-2H3. The van der Waals surface area contributed by atoms with Gasteiger partial charge in [0.05, 0.1) is 8.66 Å². The van der Waals surface area contributed by atoms with E-state index in [1.807, 2.05) is 17.9 Å². The van der Waals surface area contributed by atoms with Crippen LogP contribution in [0.2, 0.25) is 0 Å². The fourth-order valence-corrected chi connectivity index (χ4v) is 3.73. The molecule has 1 aliphatic rings. The van der Waals surface area contributed by atoms with Gasteiger partial charge in [0, 0.05) is 12.6 Å². The normalized spacial score (nSPS) is 20.4. The number of rotatable bonds is 2. The van der Waals surface area contributed by atoms with Crippen molar-refractivity contribution in [2.45, 2.75) is 39.2 Å². The number of likely N-dealkylation sites (tertiary alicyclic amines) is 1. The lowest BCUT2D eigenvalue weighted by molar-refractivity contribution is 0.0738. The Kier molecular flexibility index (Phi) is 3.70. The van der Waals surface area contributed by atoms with Crippen LogP contribution in [0.4, 0.5) is 0 Å². The molecule has 1 amide bonds. The van der Waals surface area contributed by atoms with Gasteiger partial charge in [-0.05, 0) is 53.7 Å². The molecule has 1 saturated heterocycles. The van der Waals surface area contributed by atoms with Crippen molar-refractivity contribution in [3.63, 3.8) is 0 Å². The van der Waals surface area contributed by atoms with Gasteiger partial charge in [0.15, 0.2) is 0 Å². The molecule has 2 rings (SSSR count). The van der Waals surface area contributed by atoms with E-state index < -0.39 is 0 Å². The molecule has 1 aromatic rings. The highest BCUT2D eigenvalue weighted by atomic mass is 79.9. The highest BCUT2D eigenvalue weighted by Crippen LogP contribution is 2.30. The lowest BCUT2D eigenvalue weighted by Gasteiger charge is -2.22. The Morgan fingerprint density at radius 2 is 2.44 bits per heavy atom. The minimum absolute atomic E-state index is 0.211. The molecule has 2 nitrogen and oxygen atoms in total. The summed E-state index contributed by atoms with van der Waals surface area (Å²) in [7, 11) is 0. The molecule has 16 heavy (non-hydrogen) atoms. The molecule has 0 bridgehead atoms. The first-order valence-electron chi connectivity index (χ1n) is 5.70. The average Bonchev–Trinajstić information content (AvgIpc) is 2.85. The van der Waals surface area contributed by atoms with Gasteiger partial charge in [-0.2, -0.15) is 0 Å². The molecule has 0 N–H and O–H groups in total. The van der Waals surface area contributed by atoms with E-state index in [1.54, 1.807) is 11.3 Å². The Labute approximate surface area is 109 Å². The molecule has 1 aromatic heterocycles. The number of aryl methyl sites for hydroxylation is 1. The van der Waals surface area contributed by atoms with E-state index in [0.717, 1.165) is 40.0 Å².